The molecule has 0 aliphatic rings. The van der Waals surface area contributed by atoms with E-state index in [0.717, 1.165) is 11.1 Å². The number of alkyl halides is 2. The number of benzene rings is 1. The topological polar surface area (TPSA) is 23.8 Å². The summed E-state index contributed by atoms with van der Waals surface area (Å²) in [7, 11) is 0. The smallest absolute Gasteiger partial charge is 0.195 e. The lowest BCUT2D eigenvalue weighted by molar-refractivity contribution is 0.936. The van der Waals surface area contributed by atoms with Crippen LogP contribution >= 0.6 is 34.8 Å². The summed E-state index contributed by atoms with van der Waals surface area (Å²) < 4.78 is -1.36. The van der Waals surface area contributed by atoms with Gasteiger partial charge in [0.25, 0.3) is 0 Å². The average Bonchev–Trinajstić information content (AvgIpc) is 2.10. The lowest BCUT2D eigenvalue weighted by Crippen LogP contribution is -2.13. The number of hydrogen-bond acceptors (Lipinski definition) is 1. The van der Waals surface area contributed by atoms with Crippen LogP contribution < -0.4 is 0 Å². The highest BCUT2D eigenvalue weighted by atomic mass is 35.5. The van der Waals surface area contributed by atoms with Gasteiger partial charge in [-0.3, -0.25) is 0 Å². The predicted octanol–water partition coefficient (Wildman–Crippen LogP) is 3.89. The molecule has 0 aliphatic carbocycles. The third-order valence-electron chi connectivity index (χ3n) is 1.88. The molecule has 0 spiro atoms. The maximum atomic E-state index is 8.66. The van der Waals surface area contributed by atoms with E-state index in [1.54, 1.807) is 6.07 Å². The highest BCUT2D eigenvalue weighted by molar-refractivity contribution is 6.50. The molecule has 0 heterocycles. The van der Waals surface area contributed by atoms with Crippen LogP contribution in [-0.4, -0.2) is 4.33 Å². The molecule has 0 fully saturated rings. The molecular formula is C10H8Cl3N. The molecule has 0 aliphatic heterocycles. The van der Waals surface area contributed by atoms with Crippen LogP contribution in [-0.2, 0) is 6.42 Å². The molecule has 0 bridgehead atoms. The third-order valence-corrected chi connectivity index (χ3v) is 2.55. The lowest BCUT2D eigenvalue weighted by Gasteiger charge is -2.12. The van der Waals surface area contributed by atoms with Crippen LogP contribution in [0.4, 0.5) is 0 Å². The fourth-order valence-corrected chi connectivity index (χ4v) is 1.65. The van der Waals surface area contributed by atoms with Crippen molar-refractivity contribution < 1.29 is 0 Å². The molecule has 14 heavy (non-hydrogen) atoms. The van der Waals surface area contributed by atoms with Gasteiger partial charge in [-0.25, -0.2) is 0 Å². The lowest BCUT2D eigenvalue weighted by atomic mass is 10.0. The van der Waals surface area contributed by atoms with Crippen LogP contribution in [0.3, 0.4) is 0 Å². The van der Waals surface area contributed by atoms with E-state index in [-0.39, 0.29) is 0 Å². The Balaban J connectivity index is 2.94. The standard InChI is InChI=1S/C10H8Cl3N/c1-7-4-9(11)3-2-8(7)5-10(12,13)6-14/h2-4H,5H2,1H3. The fraction of sp³-hybridized carbons (Fsp3) is 0.300. The van der Waals surface area contributed by atoms with Crippen LogP contribution in [0.15, 0.2) is 18.2 Å². The minimum Gasteiger partial charge on any atom is -0.195 e. The van der Waals surface area contributed by atoms with E-state index in [4.69, 9.17) is 40.1 Å². The Morgan fingerprint density at radius 2 is 2.07 bits per heavy atom. The highest BCUT2D eigenvalue weighted by Gasteiger charge is 2.24. The summed E-state index contributed by atoms with van der Waals surface area (Å²) in [6, 6.07) is 7.23. The molecule has 0 saturated heterocycles. The molecular weight excluding hydrogens is 240 g/mol. The second kappa shape index (κ2) is 4.40. The number of halogens is 3. The van der Waals surface area contributed by atoms with Gasteiger partial charge in [-0.2, -0.15) is 5.26 Å². The maximum absolute atomic E-state index is 8.66. The zero-order valence-corrected chi connectivity index (χ0v) is 9.79. The van der Waals surface area contributed by atoms with Crippen molar-refractivity contribution in [2.45, 2.75) is 17.7 Å². The Labute approximate surface area is 98.2 Å². The molecule has 0 radical (unpaired) electrons. The summed E-state index contributed by atoms with van der Waals surface area (Å²) >= 11 is 17.3. The van der Waals surface area contributed by atoms with Gasteiger partial charge in [0.2, 0.25) is 4.33 Å². The van der Waals surface area contributed by atoms with Gasteiger partial charge >= 0.3 is 0 Å². The molecule has 0 aromatic heterocycles. The first-order valence-electron chi connectivity index (χ1n) is 3.99. The number of nitrogens with zero attached hydrogens (tertiary/aromatic N) is 1. The van der Waals surface area contributed by atoms with Crippen molar-refractivity contribution >= 4 is 34.8 Å². The molecule has 1 nitrogen and oxygen atoms in total. The summed E-state index contributed by atoms with van der Waals surface area (Å²) in [5.74, 6) is 0. The van der Waals surface area contributed by atoms with E-state index >= 15 is 0 Å². The Morgan fingerprint density at radius 1 is 1.43 bits per heavy atom. The van der Waals surface area contributed by atoms with E-state index in [2.05, 4.69) is 0 Å². The van der Waals surface area contributed by atoms with Gasteiger partial charge in [-0.15, -0.1) is 0 Å². The van der Waals surface area contributed by atoms with E-state index in [1.165, 1.54) is 0 Å². The summed E-state index contributed by atoms with van der Waals surface area (Å²) in [5, 5.41) is 9.33. The number of aryl methyl sites for hydroxylation is 1. The molecule has 74 valence electrons. The molecule has 0 atom stereocenters. The Hall–Kier alpha value is -0.420. The molecule has 4 heteroatoms. The van der Waals surface area contributed by atoms with Crippen molar-refractivity contribution in [2.24, 2.45) is 0 Å². The Bertz CT molecular complexity index is 379. The quantitative estimate of drug-likeness (QED) is 0.729. The van der Waals surface area contributed by atoms with Gasteiger partial charge in [-0.05, 0) is 30.2 Å². The second-order valence-electron chi connectivity index (χ2n) is 3.06. The van der Waals surface area contributed by atoms with Crippen molar-refractivity contribution in [3.05, 3.63) is 34.3 Å². The molecule has 0 N–H and O–H groups in total. The predicted molar refractivity (Wildman–Crippen MR) is 59.9 cm³/mol. The van der Waals surface area contributed by atoms with E-state index in [1.807, 2.05) is 25.1 Å². The van der Waals surface area contributed by atoms with Crippen LogP contribution in [0.1, 0.15) is 11.1 Å². The summed E-state index contributed by atoms with van der Waals surface area (Å²) in [4.78, 5) is 0. The van der Waals surface area contributed by atoms with Gasteiger partial charge < -0.3 is 0 Å². The van der Waals surface area contributed by atoms with E-state index < -0.39 is 4.33 Å². The SMILES string of the molecule is Cc1cc(Cl)ccc1CC(Cl)(Cl)C#N. The Morgan fingerprint density at radius 3 is 2.57 bits per heavy atom. The van der Waals surface area contributed by atoms with Crippen molar-refractivity contribution in [3.8, 4) is 6.07 Å². The van der Waals surface area contributed by atoms with Gasteiger partial charge in [0.05, 0.1) is 0 Å². The first-order valence-corrected chi connectivity index (χ1v) is 5.12. The van der Waals surface area contributed by atoms with Crippen molar-refractivity contribution in [1.82, 2.24) is 0 Å². The number of hydrogen-bond donors (Lipinski definition) is 0. The van der Waals surface area contributed by atoms with E-state index in [9.17, 15) is 0 Å². The maximum Gasteiger partial charge on any atom is 0.207 e. The van der Waals surface area contributed by atoms with Crippen molar-refractivity contribution in [1.29, 1.82) is 5.26 Å². The normalized spacial score (nSPS) is 11.1. The van der Waals surface area contributed by atoms with Crippen molar-refractivity contribution in [2.75, 3.05) is 0 Å². The first-order chi connectivity index (χ1) is 6.44. The molecule has 1 aromatic carbocycles. The van der Waals surface area contributed by atoms with Gasteiger partial charge in [0.1, 0.15) is 6.07 Å². The third kappa shape index (κ3) is 3.06. The second-order valence-corrected chi connectivity index (χ2v) is 4.98. The van der Waals surface area contributed by atoms with E-state index in [0.29, 0.717) is 11.4 Å². The minimum atomic E-state index is -1.36. The minimum absolute atomic E-state index is 0.301. The average molecular weight is 249 g/mol. The van der Waals surface area contributed by atoms with Crippen LogP contribution in [0.2, 0.25) is 5.02 Å². The Kier molecular flexibility index (Phi) is 3.66. The summed E-state index contributed by atoms with van der Waals surface area (Å²) in [6.07, 6.45) is 0.301. The van der Waals surface area contributed by atoms with Gasteiger partial charge in [0, 0.05) is 11.4 Å². The summed E-state index contributed by atoms with van der Waals surface area (Å²) in [5.41, 5.74) is 1.92. The van der Waals surface area contributed by atoms with Gasteiger partial charge in [-0.1, -0.05) is 40.9 Å². The zero-order chi connectivity index (χ0) is 10.8. The molecule has 1 aromatic rings. The molecule has 1 rings (SSSR count). The monoisotopic (exact) mass is 247 g/mol. The first kappa shape index (κ1) is 11.7. The van der Waals surface area contributed by atoms with Crippen LogP contribution in [0.5, 0.6) is 0 Å². The van der Waals surface area contributed by atoms with Crippen molar-refractivity contribution in [3.63, 3.8) is 0 Å². The number of nitriles is 1. The largest absolute Gasteiger partial charge is 0.207 e. The van der Waals surface area contributed by atoms with Crippen LogP contribution in [0.25, 0.3) is 0 Å². The molecule has 0 saturated carbocycles. The fourth-order valence-electron chi connectivity index (χ4n) is 1.14. The zero-order valence-electron chi connectivity index (χ0n) is 7.52. The molecule has 0 unspecified atom stereocenters. The molecule has 0 amide bonds. The highest BCUT2D eigenvalue weighted by Crippen LogP contribution is 2.27. The van der Waals surface area contributed by atoms with Crippen LogP contribution in [0, 0.1) is 18.3 Å². The van der Waals surface area contributed by atoms with Gasteiger partial charge in [0.15, 0.2) is 0 Å². The number of rotatable bonds is 2. The summed E-state index contributed by atoms with van der Waals surface area (Å²) in [6.45, 7) is 1.91.